The molecule has 1 aromatic heterocycles. The van der Waals surface area contributed by atoms with Crippen LogP contribution in [0.4, 0.5) is 0 Å². The maximum absolute atomic E-state index is 10.4. The highest BCUT2D eigenvalue weighted by Gasteiger charge is 2.14. The molecule has 2 aromatic rings. The van der Waals surface area contributed by atoms with Crippen LogP contribution in [0.1, 0.15) is 43.3 Å². The minimum atomic E-state index is -0.472. The van der Waals surface area contributed by atoms with Crippen LogP contribution in [-0.4, -0.2) is 22.0 Å². The van der Waals surface area contributed by atoms with Crippen LogP contribution in [0.15, 0.2) is 30.3 Å². The minimum Gasteiger partial charge on any atom is -0.497 e. The van der Waals surface area contributed by atoms with E-state index in [1.54, 1.807) is 7.11 Å². The minimum absolute atomic E-state index is 0.472. The first-order valence-electron chi connectivity index (χ1n) is 7.55. The van der Waals surface area contributed by atoms with Crippen LogP contribution >= 0.6 is 0 Å². The third-order valence-corrected chi connectivity index (χ3v) is 3.73. The van der Waals surface area contributed by atoms with E-state index in [1.165, 1.54) is 5.56 Å². The molecular weight excluding hydrogens is 264 g/mol. The number of hydrogen-bond donors (Lipinski definition) is 1. The summed E-state index contributed by atoms with van der Waals surface area (Å²) < 4.78 is 7.05. The monoisotopic (exact) mass is 288 g/mol. The molecule has 1 N–H and O–H groups in total. The van der Waals surface area contributed by atoms with Gasteiger partial charge in [-0.05, 0) is 49.9 Å². The zero-order chi connectivity index (χ0) is 15.2. The summed E-state index contributed by atoms with van der Waals surface area (Å²) in [5.74, 6) is 0.857. The van der Waals surface area contributed by atoms with Gasteiger partial charge in [-0.25, -0.2) is 0 Å². The summed E-state index contributed by atoms with van der Waals surface area (Å²) in [4.78, 5) is 0. The van der Waals surface area contributed by atoms with Crippen LogP contribution in [0.5, 0.6) is 5.75 Å². The SMILES string of the molecule is CCc1cc(C(O)CCc2ccc(OC)cc2)n(CC)n1. The molecule has 1 aromatic carbocycles. The van der Waals surface area contributed by atoms with E-state index in [9.17, 15) is 5.11 Å². The number of rotatable bonds is 7. The van der Waals surface area contributed by atoms with Gasteiger partial charge in [0.1, 0.15) is 5.75 Å². The number of methoxy groups -OCH3 is 1. The lowest BCUT2D eigenvalue weighted by Gasteiger charge is -2.12. The van der Waals surface area contributed by atoms with Gasteiger partial charge in [-0.15, -0.1) is 0 Å². The molecule has 4 heteroatoms. The van der Waals surface area contributed by atoms with Crippen molar-refractivity contribution < 1.29 is 9.84 Å². The van der Waals surface area contributed by atoms with Gasteiger partial charge in [0.2, 0.25) is 0 Å². The highest BCUT2D eigenvalue weighted by molar-refractivity contribution is 5.27. The van der Waals surface area contributed by atoms with Crippen molar-refractivity contribution in [3.63, 3.8) is 0 Å². The van der Waals surface area contributed by atoms with Crippen molar-refractivity contribution >= 4 is 0 Å². The number of aryl methyl sites for hydroxylation is 3. The van der Waals surface area contributed by atoms with E-state index in [-0.39, 0.29) is 0 Å². The topological polar surface area (TPSA) is 47.3 Å². The molecule has 0 saturated heterocycles. The van der Waals surface area contributed by atoms with Gasteiger partial charge in [0.25, 0.3) is 0 Å². The molecule has 0 aliphatic heterocycles. The maximum Gasteiger partial charge on any atom is 0.118 e. The van der Waals surface area contributed by atoms with E-state index >= 15 is 0 Å². The molecule has 1 unspecified atom stereocenters. The van der Waals surface area contributed by atoms with Crippen LogP contribution in [0.3, 0.4) is 0 Å². The summed E-state index contributed by atoms with van der Waals surface area (Å²) in [5.41, 5.74) is 3.16. The number of aliphatic hydroxyl groups is 1. The van der Waals surface area contributed by atoms with Crippen LogP contribution in [-0.2, 0) is 19.4 Å². The van der Waals surface area contributed by atoms with E-state index in [1.807, 2.05) is 41.9 Å². The molecule has 0 aliphatic carbocycles. The second kappa shape index (κ2) is 7.27. The normalized spacial score (nSPS) is 12.4. The highest BCUT2D eigenvalue weighted by atomic mass is 16.5. The van der Waals surface area contributed by atoms with Gasteiger partial charge in [0.15, 0.2) is 0 Å². The van der Waals surface area contributed by atoms with Gasteiger partial charge >= 0.3 is 0 Å². The van der Waals surface area contributed by atoms with Crippen molar-refractivity contribution in [2.24, 2.45) is 0 Å². The Morgan fingerprint density at radius 3 is 2.52 bits per heavy atom. The Kier molecular flexibility index (Phi) is 5.39. The number of aliphatic hydroxyl groups excluding tert-OH is 1. The van der Waals surface area contributed by atoms with Crippen molar-refractivity contribution in [2.45, 2.75) is 45.8 Å². The number of ether oxygens (including phenoxy) is 1. The van der Waals surface area contributed by atoms with Gasteiger partial charge in [-0.3, -0.25) is 4.68 Å². The van der Waals surface area contributed by atoms with Crippen molar-refractivity contribution in [3.8, 4) is 5.75 Å². The van der Waals surface area contributed by atoms with Crippen LogP contribution < -0.4 is 4.74 Å². The van der Waals surface area contributed by atoms with E-state index in [2.05, 4.69) is 12.0 Å². The largest absolute Gasteiger partial charge is 0.497 e. The smallest absolute Gasteiger partial charge is 0.118 e. The van der Waals surface area contributed by atoms with E-state index in [0.29, 0.717) is 6.42 Å². The molecule has 0 bridgehead atoms. The molecule has 114 valence electrons. The Morgan fingerprint density at radius 2 is 1.95 bits per heavy atom. The lowest BCUT2D eigenvalue weighted by molar-refractivity contribution is 0.157. The number of benzene rings is 1. The number of aromatic nitrogens is 2. The first-order chi connectivity index (χ1) is 10.2. The quantitative estimate of drug-likeness (QED) is 0.851. The molecule has 0 spiro atoms. The Morgan fingerprint density at radius 1 is 1.24 bits per heavy atom. The molecule has 0 saturated carbocycles. The predicted molar refractivity (Wildman–Crippen MR) is 83.6 cm³/mol. The zero-order valence-electron chi connectivity index (χ0n) is 13.0. The van der Waals surface area contributed by atoms with Crippen molar-refractivity contribution in [1.82, 2.24) is 9.78 Å². The standard InChI is InChI=1S/C17H24N2O2/c1-4-14-12-16(19(5-2)18-14)17(20)11-8-13-6-9-15(21-3)10-7-13/h6-7,9-10,12,17,20H,4-5,8,11H2,1-3H3. The Labute approximate surface area is 126 Å². The molecule has 0 aliphatic rings. The van der Waals surface area contributed by atoms with Crippen LogP contribution in [0, 0.1) is 0 Å². The average Bonchev–Trinajstić information content (AvgIpc) is 2.96. The van der Waals surface area contributed by atoms with Gasteiger partial charge in [0, 0.05) is 6.54 Å². The summed E-state index contributed by atoms with van der Waals surface area (Å²) in [7, 11) is 1.66. The van der Waals surface area contributed by atoms with Crippen molar-refractivity contribution in [1.29, 1.82) is 0 Å². The van der Waals surface area contributed by atoms with Gasteiger partial charge < -0.3 is 9.84 Å². The molecule has 0 amide bonds. The number of nitrogens with zero attached hydrogens (tertiary/aromatic N) is 2. The number of hydrogen-bond acceptors (Lipinski definition) is 3. The summed E-state index contributed by atoms with van der Waals surface area (Å²) in [5, 5.41) is 14.9. The molecule has 1 heterocycles. The molecule has 0 fully saturated rings. The fourth-order valence-electron chi connectivity index (χ4n) is 2.42. The van der Waals surface area contributed by atoms with E-state index in [4.69, 9.17) is 4.74 Å². The summed E-state index contributed by atoms with van der Waals surface area (Å²) in [6, 6.07) is 10.0. The highest BCUT2D eigenvalue weighted by Crippen LogP contribution is 2.21. The van der Waals surface area contributed by atoms with Gasteiger partial charge in [-0.2, -0.15) is 5.10 Å². The molecule has 4 nitrogen and oxygen atoms in total. The second-order valence-corrected chi connectivity index (χ2v) is 5.13. The Bertz CT molecular complexity index is 561. The molecule has 21 heavy (non-hydrogen) atoms. The summed E-state index contributed by atoms with van der Waals surface area (Å²) >= 11 is 0. The van der Waals surface area contributed by atoms with E-state index in [0.717, 1.165) is 36.5 Å². The van der Waals surface area contributed by atoms with E-state index < -0.39 is 6.10 Å². The summed E-state index contributed by atoms with van der Waals surface area (Å²) in [6.07, 6.45) is 1.95. The van der Waals surface area contributed by atoms with Crippen molar-refractivity contribution in [2.75, 3.05) is 7.11 Å². The summed E-state index contributed by atoms with van der Waals surface area (Å²) in [6.45, 7) is 4.91. The molecular formula is C17H24N2O2. The first kappa shape index (κ1) is 15.6. The molecule has 2 rings (SSSR count). The Hall–Kier alpha value is -1.81. The first-order valence-corrected chi connectivity index (χ1v) is 7.55. The fourth-order valence-corrected chi connectivity index (χ4v) is 2.42. The second-order valence-electron chi connectivity index (χ2n) is 5.13. The Balaban J connectivity index is 2.00. The third-order valence-electron chi connectivity index (χ3n) is 3.73. The van der Waals surface area contributed by atoms with Crippen LogP contribution in [0.2, 0.25) is 0 Å². The average molecular weight is 288 g/mol. The van der Waals surface area contributed by atoms with Crippen molar-refractivity contribution in [3.05, 3.63) is 47.3 Å². The molecule has 1 atom stereocenters. The molecule has 0 radical (unpaired) electrons. The lowest BCUT2D eigenvalue weighted by atomic mass is 10.0. The third kappa shape index (κ3) is 3.85. The van der Waals surface area contributed by atoms with Gasteiger partial charge in [-0.1, -0.05) is 19.1 Å². The predicted octanol–water partition coefficient (Wildman–Crippen LogP) is 3.14. The fraction of sp³-hybridized carbons (Fsp3) is 0.471. The van der Waals surface area contributed by atoms with Gasteiger partial charge in [0.05, 0.1) is 24.6 Å². The van der Waals surface area contributed by atoms with Crippen LogP contribution in [0.25, 0.3) is 0 Å². The maximum atomic E-state index is 10.4. The zero-order valence-corrected chi connectivity index (χ0v) is 13.0. The lowest BCUT2D eigenvalue weighted by Crippen LogP contribution is -2.08.